The molecule has 0 bridgehead atoms. The predicted octanol–water partition coefficient (Wildman–Crippen LogP) is -0.988. The number of benzene rings is 1. The molecule has 55 heavy (non-hydrogen) atoms. The number of phenolic OH excluding ortho intramolecular Hbond substituents is 1. The molecule has 2 saturated heterocycles. The number of likely N-dealkylation sites (tertiary alicyclic amines) is 2. The highest BCUT2D eigenvalue weighted by Gasteiger charge is 2.41. The Bertz CT molecular complexity index is 1500. The minimum atomic E-state index is -1.28. The van der Waals surface area contributed by atoms with Crippen LogP contribution in [0, 0.1) is 5.92 Å². The van der Waals surface area contributed by atoms with Crippen molar-refractivity contribution in [3.63, 3.8) is 0 Å². The number of nitrogens with one attached hydrogen (secondary N) is 3. The van der Waals surface area contributed by atoms with Gasteiger partial charge in [-0.25, -0.2) is 4.79 Å². The normalized spacial score (nSPS) is 18.9. The molecule has 3 rings (SSSR count). The van der Waals surface area contributed by atoms with Crippen LogP contribution in [0.5, 0.6) is 5.75 Å². The molecule has 0 aromatic heterocycles. The van der Waals surface area contributed by atoms with E-state index in [4.69, 9.17) is 22.9 Å². The standard InChI is InChI=1S/C37H60N10O8/c1-22(2)20-27(44-32(50)29-10-6-18-46(29)34(52)25(39)8-5-17-42-37(40)41)31(49)43-26(9-3-4-16-38)35(53)47-19-7-11-30(47)33(51)45-28(36(54)55)21-23-12-14-24(48)15-13-23/h12-15,22,25-30,48H,3-11,16-21,38-39H2,1-2H3,(H,43,49)(H,44,50)(H,45,51)(H,54,55)(H4,40,41,42)/t25-,26-,27-,28-,29-,30-/m0/s1. The number of nitrogens with zero attached hydrogens (tertiary/aromatic N) is 3. The van der Waals surface area contributed by atoms with Crippen molar-refractivity contribution in [3.8, 4) is 5.75 Å². The van der Waals surface area contributed by atoms with Crippen molar-refractivity contribution in [1.29, 1.82) is 0 Å². The fourth-order valence-electron chi connectivity index (χ4n) is 6.99. The monoisotopic (exact) mass is 772 g/mol. The zero-order chi connectivity index (χ0) is 40.7. The second kappa shape index (κ2) is 21.8. The number of phenols is 1. The third-order valence-electron chi connectivity index (χ3n) is 9.85. The summed E-state index contributed by atoms with van der Waals surface area (Å²) in [6.07, 6.45) is 4.07. The van der Waals surface area contributed by atoms with E-state index in [1.54, 1.807) is 12.1 Å². The molecule has 18 heteroatoms. The number of nitrogens with two attached hydrogens (primary N) is 4. The number of carboxylic acid groups (broad SMARTS) is 1. The number of aliphatic imine (C=N–C) groups is 1. The van der Waals surface area contributed by atoms with E-state index in [1.165, 1.54) is 21.9 Å². The van der Waals surface area contributed by atoms with Crippen molar-refractivity contribution in [2.75, 3.05) is 26.2 Å². The van der Waals surface area contributed by atoms with E-state index in [2.05, 4.69) is 20.9 Å². The molecule has 5 amide bonds. The number of rotatable bonds is 21. The summed E-state index contributed by atoms with van der Waals surface area (Å²) in [5.74, 6) is -3.90. The van der Waals surface area contributed by atoms with Crippen molar-refractivity contribution < 1.29 is 39.0 Å². The van der Waals surface area contributed by atoms with Gasteiger partial charge in [0, 0.05) is 26.1 Å². The van der Waals surface area contributed by atoms with Gasteiger partial charge in [0.15, 0.2) is 5.96 Å². The highest BCUT2D eigenvalue weighted by Crippen LogP contribution is 2.22. The lowest BCUT2D eigenvalue weighted by molar-refractivity contribution is -0.145. The minimum absolute atomic E-state index is 0.0208. The first-order valence-electron chi connectivity index (χ1n) is 19.2. The van der Waals surface area contributed by atoms with Gasteiger partial charge in [-0.05, 0) is 94.4 Å². The molecule has 1 aromatic carbocycles. The van der Waals surface area contributed by atoms with Gasteiger partial charge in [0.2, 0.25) is 29.5 Å². The second-order valence-corrected chi connectivity index (χ2v) is 14.7. The van der Waals surface area contributed by atoms with Gasteiger partial charge >= 0.3 is 5.97 Å². The highest BCUT2D eigenvalue weighted by molar-refractivity contribution is 5.96. The lowest BCUT2D eigenvalue weighted by atomic mass is 10.0. The number of guanidine groups is 1. The second-order valence-electron chi connectivity index (χ2n) is 14.7. The number of carboxylic acids is 1. The van der Waals surface area contributed by atoms with Crippen LogP contribution < -0.4 is 38.9 Å². The molecule has 13 N–H and O–H groups in total. The van der Waals surface area contributed by atoms with Crippen molar-refractivity contribution in [1.82, 2.24) is 25.8 Å². The van der Waals surface area contributed by atoms with Gasteiger partial charge < -0.3 is 58.9 Å². The number of unbranched alkanes of at least 4 members (excludes halogenated alkanes) is 1. The van der Waals surface area contributed by atoms with Crippen LogP contribution in [0.2, 0.25) is 0 Å². The largest absolute Gasteiger partial charge is 0.508 e. The molecule has 18 nitrogen and oxygen atoms in total. The molecule has 6 atom stereocenters. The molecule has 0 radical (unpaired) electrons. The van der Waals surface area contributed by atoms with Crippen molar-refractivity contribution >= 4 is 41.5 Å². The van der Waals surface area contributed by atoms with E-state index in [9.17, 15) is 39.0 Å². The van der Waals surface area contributed by atoms with Gasteiger partial charge in [-0.15, -0.1) is 0 Å². The third-order valence-corrected chi connectivity index (χ3v) is 9.85. The number of aromatic hydroxyl groups is 1. The maximum absolute atomic E-state index is 14.1. The van der Waals surface area contributed by atoms with Crippen molar-refractivity contribution in [2.24, 2.45) is 33.8 Å². The van der Waals surface area contributed by atoms with Gasteiger partial charge in [-0.3, -0.25) is 29.0 Å². The van der Waals surface area contributed by atoms with Gasteiger partial charge in [0.1, 0.15) is 36.0 Å². The fourth-order valence-corrected chi connectivity index (χ4v) is 6.99. The summed E-state index contributed by atoms with van der Waals surface area (Å²) in [6.45, 7) is 5.03. The molecule has 0 saturated carbocycles. The Morgan fingerprint density at radius 1 is 0.818 bits per heavy atom. The lowest BCUT2D eigenvalue weighted by Gasteiger charge is -2.31. The maximum Gasteiger partial charge on any atom is 0.326 e. The molecular weight excluding hydrogens is 712 g/mol. The summed E-state index contributed by atoms with van der Waals surface area (Å²) in [6, 6.07) is -0.0383. The molecule has 0 aliphatic carbocycles. The summed E-state index contributed by atoms with van der Waals surface area (Å²) in [5, 5.41) is 27.7. The van der Waals surface area contributed by atoms with Gasteiger partial charge in [0.05, 0.1) is 6.04 Å². The molecule has 1 aromatic rings. The first-order valence-corrected chi connectivity index (χ1v) is 19.2. The molecule has 0 spiro atoms. The number of hydrogen-bond acceptors (Lipinski definition) is 10. The number of carbonyl (C=O) groups excluding carboxylic acids is 5. The average molecular weight is 773 g/mol. The lowest BCUT2D eigenvalue weighted by Crippen LogP contribution is -2.59. The Labute approximate surface area is 322 Å². The number of carbonyl (C=O) groups is 6. The zero-order valence-corrected chi connectivity index (χ0v) is 32.0. The third kappa shape index (κ3) is 13.7. The summed E-state index contributed by atoms with van der Waals surface area (Å²) >= 11 is 0. The number of aliphatic carboxylic acids is 1. The van der Waals surface area contributed by atoms with Crippen molar-refractivity contribution in [3.05, 3.63) is 29.8 Å². The SMILES string of the molecule is CC(C)C[C@H](NC(=O)[C@@H]1CCCN1C(=O)[C@@H](N)CCCN=C(N)N)C(=O)N[C@@H](CCCCN)C(=O)N1CCC[C@H]1C(=O)N[C@@H](Cc1ccc(O)cc1)C(=O)O. The molecule has 306 valence electrons. The molecule has 2 heterocycles. The van der Waals surface area contributed by atoms with Gasteiger partial charge in [-0.2, -0.15) is 0 Å². The summed E-state index contributed by atoms with van der Waals surface area (Å²) in [4.78, 5) is 87.3. The van der Waals surface area contributed by atoms with Gasteiger partial charge in [-0.1, -0.05) is 26.0 Å². The van der Waals surface area contributed by atoms with E-state index in [0.29, 0.717) is 76.6 Å². The number of amides is 5. The van der Waals surface area contributed by atoms with Crippen LogP contribution in [0.15, 0.2) is 29.3 Å². The fraction of sp³-hybridized carbons (Fsp3) is 0.649. The number of hydrogen-bond donors (Lipinski definition) is 9. The maximum atomic E-state index is 14.1. The van der Waals surface area contributed by atoms with Crippen LogP contribution >= 0.6 is 0 Å². The van der Waals surface area contributed by atoms with Crippen LogP contribution in [-0.2, 0) is 35.2 Å². The Balaban J connectivity index is 1.72. The highest BCUT2D eigenvalue weighted by atomic mass is 16.4. The first-order chi connectivity index (χ1) is 26.1. The van der Waals surface area contributed by atoms with Crippen LogP contribution in [0.4, 0.5) is 0 Å². The van der Waals surface area contributed by atoms with E-state index < -0.39 is 65.8 Å². The van der Waals surface area contributed by atoms with E-state index in [1.807, 2.05) is 13.8 Å². The van der Waals surface area contributed by atoms with E-state index in [-0.39, 0.29) is 49.3 Å². The van der Waals surface area contributed by atoms with Crippen LogP contribution in [0.25, 0.3) is 0 Å². The Kier molecular flexibility index (Phi) is 17.6. The Morgan fingerprint density at radius 2 is 1.40 bits per heavy atom. The zero-order valence-electron chi connectivity index (χ0n) is 32.0. The van der Waals surface area contributed by atoms with Crippen molar-refractivity contribution in [2.45, 2.75) is 121 Å². The summed E-state index contributed by atoms with van der Waals surface area (Å²) in [5.41, 5.74) is 23.2. The molecule has 0 unspecified atom stereocenters. The van der Waals surface area contributed by atoms with Crippen LogP contribution in [0.1, 0.15) is 83.6 Å². The Morgan fingerprint density at radius 3 is 1.95 bits per heavy atom. The van der Waals surface area contributed by atoms with E-state index >= 15 is 0 Å². The topological polar surface area (TPSA) is 302 Å². The smallest absolute Gasteiger partial charge is 0.326 e. The first kappa shape index (κ1) is 44.4. The summed E-state index contributed by atoms with van der Waals surface area (Å²) < 4.78 is 0. The quantitative estimate of drug-likeness (QED) is 0.0414. The predicted molar refractivity (Wildman–Crippen MR) is 205 cm³/mol. The summed E-state index contributed by atoms with van der Waals surface area (Å²) in [7, 11) is 0. The minimum Gasteiger partial charge on any atom is -0.508 e. The van der Waals surface area contributed by atoms with Gasteiger partial charge in [0.25, 0.3) is 0 Å². The average Bonchev–Trinajstić information content (AvgIpc) is 3.83. The molecular formula is C37H60N10O8. The van der Waals surface area contributed by atoms with Crippen LogP contribution in [0.3, 0.4) is 0 Å². The Hall–Kier alpha value is -4.97. The van der Waals surface area contributed by atoms with Crippen LogP contribution in [-0.4, -0.2) is 124 Å². The molecule has 2 aliphatic rings. The van der Waals surface area contributed by atoms with E-state index in [0.717, 1.165) is 0 Å². The molecule has 2 fully saturated rings. The molecule has 2 aliphatic heterocycles.